The molecule has 2 rings (SSSR count). The van der Waals surface area contributed by atoms with E-state index in [9.17, 15) is 4.79 Å². The molecule has 0 saturated carbocycles. The lowest BCUT2D eigenvalue weighted by Crippen LogP contribution is -2.15. The Hall–Kier alpha value is -2.07. The van der Waals surface area contributed by atoms with E-state index in [1.165, 1.54) is 0 Å². The Morgan fingerprint density at radius 3 is 2.52 bits per heavy atom. The molecule has 122 valence electrons. The number of aromatic nitrogens is 1. The lowest BCUT2D eigenvalue weighted by molar-refractivity contribution is -0.115. The van der Waals surface area contributed by atoms with Crippen LogP contribution in [-0.4, -0.2) is 17.4 Å². The number of carbonyl (C=O) groups excluding carboxylic acids is 1. The minimum atomic E-state index is -0.0969. The van der Waals surface area contributed by atoms with Crippen LogP contribution in [-0.2, 0) is 11.2 Å². The number of nitrogens with one attached hydrogen (secondary N) is 2. The van der Waals surface area contributed by atoms with Crippen LogP contribution in [0.5, 0.6) is 0 Å². The van der Waals surface area contributed by atoms with E-state index in [1.807, 2.05) is 18.2 Å². The van der Waals surface area contributed by atoms with Gasteiger partial charge in [-0.2, -0.15) is 0 Å². The van der Waals surface area contributed by atoms with Gasteiger partial charge >= 0.3 is 0 Å². The van der Waals surface area contributed by atoms with Gasteiger partial charge in [-0.3, -0.25) is 4.79 Å². The van der Waals surface area contributed by atoms with E-state index in [4.69, 9.17) is 11.6 Å². The molecule has 1 aromatic heterocycles. The molecule has 23 heavy (non-hydrogen) atoms. The van der Waals surface area contributed by atoms with Gasteiger partial charge in [-0.1, -0.05) is 37.6 Å². The third-order valence-electron chi connectivity index (χ3n) is 3.36. The standard InChI is InChI=1S/C18H22ClN3O/c1-13(2)9-10-20-16-7-8-17(21-12-16)22-18(23)11-14-3-5-15(19)6-4-14/h3-8,12-13,20H,9-11H2,1-2H3,(H,21,22,23). The van der Waals surface area contributed by atoms with Crippen molar-refractivity contribution in [3.63, 3.8) is 0 Å². The van der Waals surface area contributed by atoms with Crippen LogP contribution in [0.4, 0.5) is 11.5 Å². The fourth-order valence-corrected chi connectivity index (χ4v) is 2.18. The average Bonchev–Trinajstić information content (AvgIpc) is 2.51. The number of pyridine rings is 1. The Bertz CT molecular complexity index is 624. The summed E-state index contributed by atoms with van der Waals surface area (Å²) in [6.07, 6.45) is 3.14. The van der Waals surface area contributed by atoms with Crippen molar-refractivity contribution in [3.05, 3.63) is 53.2 Å². The minimum absolute atomic E-state index is 0.0969. The second-order valence-electron chi connectivity index (χ2n) is 5.89. The smallest absolute Gasteiger partial charge is 0.229 e. The van der Waals surface area contributed by atoms with Crippen molar-refractivity contribution in [2.75, 3.05) is 17.2 Å². The molecule has 0 aliphatic rings. The summed E-state index contributed by atoms with van der Waals surface area (Å²) < 4.78 is 0. The molecule has 0 fully saturated rings. The van der Waals surface area contributed by atoms with Crippen molar-refractivity contribution in [2.45, 2.75) is 26.7 Å². The summed E-state index contributed by atoms with van der Waals surface area (Å²) in [4.78, 5) is 16.3. The van der Waals surface area contributed by atoms with Gasteiger partial charge in [0.05, 0.1) is 18.3 Å². The Labute approximate surface area is 142 Å². The van der Waals surface area contributed by atoms with Crippen LogP contribution in [0.2, 0.25) is 5.02 Å². The molecule has 0 spiro atoms. The minimum Gasteiger partial charge on any atom is -0.384 e. The predicted molar refractivity (Wildman–Crippen MR) is 96.0 cm³/mol. The van der Waals surface area contributed by atoms with Crippen molar-refractivity contribution in [1.82, 2.24) is 4.98 Å². The first kappa shape index (κ1) is 17.3. The Morgan fingerprint density at radius 2 is 1.91 bits per heavy atom. The number of benzene rings is 1. The predicted octanol–water partition coefficient (Wildman–Crippen LogP) is 4.37. The maximum absolute atomic E-state index is 12.0. The van der Waals surface area contributed by atoms with E-state index in [1.54, 1.807) is 24.4 Å². The van der Waals surface area contributed by atoms with Crippen molar-refractivity contribution in [1.29, 1.82) is 0 Å². The lowest BCUT2D eigenvalue weighted by Gasteiger charge is -2.09. The molecule has 2 aromatic rings. The fraction of sp³-hybridized carbons (Fsp3) is 0.333. The van der Waals surface area contributed by atoms with Crippen molar-refractivity contribution < 1.29 is 4.79 Å². The molecule has 1 heterocycles. The van der Waals surface area contributed by atoms with Crippen LogP contribution in [0.3, 0.4) is 0 Å². The molecule has 0 radical (unpaired) electrons. The van der Waals surface area contributed by atoms with Gasteiger partial charge in [-0.15, -0.1) is 0 Å². The van der Waals surface area contributed by atoms with Gasteiger partial charge in [-0.25, -0.2) is 4.98 Å². The van der Waals surface area contributed by atoms with Gasteiger partial charge < -0.3 is 10.6 Å². The quantitative estimate of drug-likeness (QED) is 0.792. The van der Waals surface area contributed by atoms with E-state index in [2.05, 4.69) is 29.5 Å². The van der Waals surface area contributed by atoms with Gasteiger partial charge in [0, 0.05) is 11.6 Å². The Morgan fingerprint density at radius 1 is 1.17 bits per heavy atom. The molecular formula is C18H22ClN3O. The number of amides is 1. The van der Waals surface area contributed by atoms with Crippen LogP contribution < -0.4 is 10.6 Å². The highest BCUT2D eigenvalue weighted by Gasteiger charge is 2.05. The number of nitrogens with zero attached hydrogens (tertiary/aromatic N) is 1. The average molecular weight is 332 g/mol. The maximum atomic E-state index is 12.0. The SMILES string of the molecule is CC(C)CCNc1ccc(NC(=O)Cc2ccc(Cl)cc2)nc1. The van der Waals surface area contributed by atoms with Gasteiger partial charge in [-0.05, 0) is 42.2 Å². The number of hydrogen-bond acceptors (Lipinski definition) is 3. The molecule has 4 nitrogen and oxygen atoms in total. The summed E-state index contributed by atoms with van der Waals surface area (Å²) in [7, 11) is 0. The number of rotatable bonds is 7. The zero-order valence-electron chi connectivity index (χ0n) is 13.5. The molecule has 0 atom stereocenters. The molecule has 0 unspecified atom stereocenters. The van der Waals surface area contributed by atoms with Crippen LogP contribution in [0.25, 0.3) is 0 Å². The normalized spacial score (nSPS) is 10.6. The molecule has 5 heteroatoms. The van der Waals surface area contributed by atoms with Crippen LogP contribution >= 0.6 is 11.6 Å². The van der Waals surface area contributed by atoms with Gasteiger partial charge in [0.15, 0.2) is 0 Å². The third-order valence-corrected chi connectivity index (χ3v) is 3.61. The highest BCUT2D eigenvalue weighted by molar-refractivity contribution is 6.30. The van der Waals surface area contributed by atoms with Gasteiger partial charge in [0.2, 0.25) is 5.91 Å². The van der Waals surface area contributed by atoms with Gasteiger partial charge in [0.25, 0.3) is 0 Å². The Kier molecular flexibility index (Phi) is 6.41. The first-order valence-electron chi connectivity index (χ1n) is 7.77. The summed E-state index contributed by atoms with van der Waals surface area (Å²) >= 11 is 5.83. The highest BCUT2D eigenvalue weighted by atomic mass is 35.5. The molecule has 2 N–H and O–H groups in total. The first-order valence-corrected chi connectivity index (χ1v) is 8.15. The van der Waals surface area contributed by atoms with E-state index in [0.29, 0.717) is 23.2 Å². The second kappa shape index (κ2) is 8.53. The monoisotopic (exact) mass is 331 g/mol. The fourth-order valence-electron chi connectivity index (χ4n) is 2.05. The lowest BCUT2D eigenvalue weighted by atomic mass is 10.1. The molecule has 0 aliphatic carbocycles. The summed E-state index contributed by atoms with van der Waals surface area (Å²) in [5, 5.41) is 6.77. The number of carbonyl (C=O) groups is 1. The molecule has 1 amide bonds. The van der Waals surface area contributed by atoms with E-state index < -0.39 is 0 Å². The second-order valence-corrected chi connectivity index (χ2v) is 6.33. The van der Waals surface area contributed by atoms with Crippen molar-refractivity contribution in [3.8, 4) is 0 Å². The van der Waals surface area contributed by atoms with E-state index in [0.717, 1.165) is 24.2 Å². The number of hydrogen-bond donors (Lipinski definition) is 2. The molecular weight excluding hydrogens is 310 g/mol. The van der Waals surface area contributed by atoms with Gasteiger partial charge in [0.1, 0.15) is 5.82 Å². The zero-order chi connectivity index (χ0) is 16.7. The number of anilines is 2. The van der Waals surface area contributed by atoms with E-state index >= 15 is 0 Å². The largest absolute Gasteiger partial charge is 0.384 e. The summed E-state index contributed by atoms with van der Waals surface area (Å²) in [6.45, 7) is 5.31. The maximum Gasteiger partial charge on any atom is 0.229 e. The molecule has 0 bridgehead atoms. The van der Waals surface area contributed by atoms with Crippen LogP contribution in [0.1, 0.15) is 25.8 Å². The number of halogens is 1. The van der Waals surface area contributed by atoms with Crippen molar-refractivity contribution >= 4 is 29.0 Å². The van der Waals surface area contributed by atoms with Crippen molar-refractivity contribution in [2.24, 2.45) is 5.92 Å². The Balaban J connectivity index is 1.82. The van der Waals surface area contributed by atoms with E-state index in [-0.39, 0.29) is 5.91 Å². The molecule has 0 aliphatic heterocycles. The topological polar surface area (TPSA) is 54.0 Å². The third kappa shape index (κ3) is 6.28. The highest BCUT2D eigenvalue weighted by Crippen LogP contribution is 2.13. The first-order chi connectivity index (χ1) is 11.0. The van der Waals surface area contributed by atoms with Crippen LogP contribution in [0, 0.1) is 5.92 Å². The molecule has 0 saturated heterocycles. The molecule has 1 aromatic carbocycles. The van der Waals surface area contributed by atoms with Crippen LogP contribution in [0.15, 0.2) is 42.6 Å². The summed E-state index contributed by atoms with van der Waals surface area (Å²) in [6, 6.07) is 11.0. The summed E-state index contributed by atoms with van der Waals surface area (Å²) in [5.41, 5.74) is 1.88. The zero-order valence-corrected chi connectivity index (χ0v) is 14.2. The summed E-state index contributed by atoms with van der Waals surface area (Å²) in [5.74, 6) is 1.13.